The van der Waals surface area contributed by atoms with E-state index >= 15 is 0 Å². The molecule has 1 aromatic carbocycles. The molecule has 0 bridgehead atoms. The maximum atomic E-state index is 13.9. The SMILES string of the molecule is C.COc1ccc(C2CCC3(C)C(=O)N(C(=O)OC(C)(C)C)C(C)C3C2(N)c2ccc(Cl)cn2)c(Cl)c1. The number of nitrogens with two attached hydrogens (primary N) is 1. The number of nitrogens with zero attached hydrogens (tertiary/aromatic N) is 2. The van der Waals surface area contributed by atoms with Crippen molar-refractivity contribution in [3.05, 3.63) is 57.8 Å². The van der Waals surface area contributed by atoms with Crippen molar-refractivity contribution < 1.29 is 19.1 Å². The molecule has 2 fully saturated rings. The number of rotatable bonds is 3. The normalized spacial score (nSPS) is 29.4. The first-order valence-corrected chi connectivity index (χ1v) is 12.8. The first-order valence-electron chi connectivity index (χ1n) is 12.0. The lowest BCUT2D eigenvalue weighted by Crippen LogP contribution is -2.60. The maximum Gasteiger partial charge on any atom is 0.417 e. The highest BCUT2D eigenvalue weighted by Crippen LogP contribution is 2.62. The van der Waals surface area contributed by atoms with Gasteiger partial charge in [-0.2, -0.15) is 0 Å². The molecule has 2 aliphatic rings. The molecule has 1 aromatic heterocycles. The van der Waals surface area contributed by atoms with Gasteiger partial charge in [0.05, 0.1) is 28.8 Å². The Labute approximate surface area is 229 Å². The maximum absolute atomic E-state index is 13.9. The number of amides is 2. The van der Waals surface area contributed by atoms with Crippen LogP contribution >= 0.6 is 23.2 Å². The van der Waals surface area contributed by atoms with Crippen LogP contribution in [0.25, 0.3) is 0 Å². The predicted molar refractivity (Wildman–Crippen MR) is 146 cm³/mol. The first-order chi connectivity index (χ1) is 16.7. The topological polar surface area (TPSA) is 94.8 Å². The lowest BCUT2D eigenvalue weighted by molar-refractivity contribution is -0.137. The lowest BCUT2D eigenvalue weighted by atomic mass is 9.52. The molecule has 9 heteroatoms. The summed E-state index contributed by atoms with van der Waals surface area (Å²) in [5, 5.41) is 0.999. The molecule has 1 aliphatic carbocycles. The molecule has 0 radical (unpaired) electrons. The Morgan fingerprint density at radius 3 is 2.43 bits per heavy atom. The first kappa shape index (κ1) is 29.2. The van der Waals surface area contributed by atoms with E-state index in [1.54, 1.807) is 52.3 Å². The highest BCUT2D eigenvalue weighted by atomic mass is 35.5. The van der Waals surface area contributed by atoms with Crippen molar-refractivity contribution >= 4 is 35.2 Å². The van der Waals surface area contributed by atoms with Crippen LogP contribution in [-0.4, -0.2) is 40.6 Å². The number of likely N-dealkylation sites (tertiary alicyclic amines) is 1. The molecule has 2 heterocycles. The number of aromatic nitrogens is 1. The van der Waals surface area contributed by atoms with E-state index in [0.29, 0.717) is 34.3 Å². The monoisotopic (exact) mass is 549 g/mol. The Morgan fingerprint density at radius 1 is 1.22 bits per heavy atom. The summed E-state index contributed by atoms with van der Waals surface area (Å²) in [5.74, 6) is -0.387. The number of halogens is 2. The number of methoxy groups -OCH3 is 1. The van der Waals surface area contributed by atoms with Crippen LogP contribution in [0.2, 0.25) is 10.0 Å². The van der Waals surface area contributed by atoms with Crippen molar-refractivity contribution in [3.63, 3.8) is 0 Å². The van der Waals surface area contributed by atoms with Crippen LogP contribution in [0.15, 0.2) is 36.5 Å². The van der Waals surface area contributed by atoms with Crippen molar-refractivity contribution in [1.29, 1.82) is 0 Å². The van der Waals surface area contributed by atoms with E-state index < -0.39 is 34.6 Å². The third kappa shape index (κ3) is 4.82. The fraction of sp³-hybridized carbons (Fsp3) is 0.536. The van der Waals surface area contributed by atoms with Crippen LogP contribution in [0.3, 0.4) is 0 Å². The summed E-state index contributed by atoms with van der Waals surface area (Å²) in [6.45, 7) is 9.07. The zero-order chi connectivity index (χ0) is 26.6. The van der Waals surface area contributed by atoms with Crippen LogP contribution in [0.1, 0.15) is 72.1 Å². The second-order valence-corrected chi connectivity index (χ2v) is 11.9. The molecule has 202 valence electrons. The van der Waals surface area contributed by atoms with E-state index in [1.807, 2.05) is 26.0 Å². The molecule has 5 unspecified atom stereocenters. The second-order valence-electron chi connectivity index (χ2n) is 11.1. The molecule has 2 N–H and O–H groups in total. The largest absolute Gasteiger partial charge is 0.497 e. The quantitative estimate of drug-likeness (QED) is 0.466. The van der Waals surface area contributed by atoms with Gasteiger partial charge < -0.3 is 15.2 Å². The van der Waals surface area contributed by atoms with Crippen LogP contribution < -0.4 is 10.5 Å². The molecule has 7 nitrogen and oxygen atoms in total. The van der Waals surface area contributed by atoms with Gasteiger partial charge in [-0.15, -0.1) is 0 Å². The van der Waals surface area contributed by atoms with Gasteiger partial charge in [0.2, 0.25) is 5.91 Å². The van der Waals surface area contributed by atoms with Crippen LogP contribution in [0, 0.1) is 11.3 Å². The minimum atomic E-state index is -1.14. The molecule has 2 amide bonds. The summed E-state index contributed by atoms with van der Waals surface area (Å²) >= 11 is 12.9. The van der Waals surface area contributed by atoms with E-state index in [4.69, 9.17) is 38.4 Å². The number of carbonyl (C=O) groups is 2. The molecular formula is C28H37Cl2N3O4. The van der Waals surface area contributed by atoms with Gasteiger partial charge in [0.15, 0.2) is 0 Å². The summed E-state index contributed by atoms with van der Waals surface area (Å²) in [4.78, 5) is 32.9. The molecule has 1 saturated carbocycles. The summed E-state index contributed by atoms with van der Waals surface area (Å²) in [6.07, 6.45) is 1.98. The third-order valence-electron chi connectivity index (χ3n) is 7.67. The Hall–Kier alpha value is -2.35. The number of hydrogen-bond acceptors (Lipinski definition) is 6. The predicted octanol–water partition coefficient (Wildman–Crippen LogP) is 6.55. The Morgan fingerprint density at radius 2 is 1.89 bits per heavy atom. The van der Waals surface area contributed by atoms with Crippen LogP contribution in [0.4, 0.5) is 4.79 Å². The van der Waals surface area contributed by atoms with Crippen molar-refractivity contribution in [1.82, 2.24) is 9.88 Å². The number of pyridine rings is 1. The number of imide groups is 1. The molecular weight excluding hydrogens is 513 g/mol. The van der Waals surface area contributed by atoms with Crippen molar-refractivity contribution in [2.45, 2.75) is 78.0 Å². The highest BCUT2D eigenvalue weighted by molar-refractivity contribution is 6.31. The van der Waals surface area contributed by atoms with Gasteiger partial charge in [-0.3, -0.25) is 9.78 Å². The van der Waals surface area contributed by atoms with Gasteiger partial charge in [-0.1, -0.05) is 43.6 Å². The van der Waals surface area contributed by atoms with E-state index in [0.717, 1.165) is 5.56 Å². The number of ether oxygens (including phenoxy) is 2. The number of carbonyl (C=O) groups excluding carboxylic acids is 2. The van der Waals surface area contributed by atoms with Crippen LogP contribution in [0.5, 0.6) is 5.75 Å². The van der Waals surface area contributed by atoms with Crippen molar-refractivity contribution in [3.8, 4) is 5.75 Å². The van der Waals surface area contributed by atoms with Crippen molar-refractivity contribution in [2.75, 3.05) is 7.11 Å². The highest BCUT2D eigenvalue weighted by Gasteiger charge is 2.68. The van der Waals surface area contributed by atoms with Gasteiger partial charge in [-0.05, 0) is 70.4 Å². The Kier molecular flexibility index (Phi) is 7.96. The smallest absolute Gasteiger partial charge is 0.417 e. The van der Waals surface area contributed by atoms with Gasteiger partial charge in [0.25, 0.3) is 0 Å². The molecule has 1 aliphatic heterocycles. The minimum Gasteiger partial charge on any atom is -0.497 e. The second kappa shape index (κ2) is 10.1. The van der Waals surface area contributed by atoms with E-state index in [1.165, 1.54) is 4.90 Å². The number of fused-ring (bicyclic) bond motifs is 1. The van der Waals surface area contributed by atoms with Gasteiger partial charge in [0, 0.05) is 29.1 Å². The number of benzene rings is 1. The Balaban J connectivity index is 0.00000380. The number of hydrogen-bond donors (Lipinski definition) is 1. The molecule has 37 heavy (non-hydrogen) atoms. The molecule has 0 spiro atoms. The van der Waals surface area contributed by atoms with E-state index in [2.05, 4.69) is 4.98 Å². The zero-order valence-corrected chi connectivity index (χ0v) is 23.0. The zero-order valence-electron chi connectivity index (χ0n) is 21.5. The van der Waals surface area contributed by atoms with Gasteiger partial charge in [0.1, 0.15) is 11.4 Å². The fourth-order valence-electron chi connectivity index (χ4n) is 6.22. The fourth-order valence-corrected chi connectivity index (χ4v) is 6.64. The lowest BCUT2D eigenvalue weighted by Gasteiger charge is -2.52. The minimum absolute atomic E-state index is 0. The summed E-state index contributed by atoms with van der Waals surface area (Å²) in [5.41, 5.74) is 6.08. The molecule has 1 saturated heterocycles. The Bertz CT molecular complexity index is 1180. The standard InChI is InChI=1S/C27H33Cl2N3O4.CH4/c1-15-22-26(5,23(33)32(15)24(34)36-25(2,3)4)12-11-19(18-9-8-17(35-6)13-20(18)29)27(22,30)21-10-7-16(28)14-31-21;/h7-10,13-15,19,22H,11-12,30H2,1-6H3;1H4. The summed E-state index contributed by atoms with van der Waals surface area (Å²) in [7, 11) is 1.58. The average Bonchev–Trinajstić information content (AvgIpc) is 2.99. The third-order valence-corrected chi connectivity index (χ3v) is 8.22. The molecule has 4 rings (SSSR count). The van der Waals surface area contributed by atoms with Gasteiger partial charge >= 0.3 is 6.09 Å². The van der Waals surface area contributed by atoms with Crippen LogP contribution in [-0.2, 0) is 15.1 Å². The van der Waals surface area contributed by atoms with Gasteiger partial charge in [-0.25, -0.2) is 9.69 Å². The van der Waals surface area contributed by atoms with Crippen molar-refractivity contribution in [2.24, 2.45) is 17.1 Å². The average molecular weight is 551 g/mol. The summed E-state index contributed by atoms with van der Waals surface area (Å²) in [6, 6.07) is 8.52. The van der Waals surface area contributed by atoms with E-state index in [9.17, 15) is 9.59 Å². The molecule has 5 atom stereocenters. The summed E-state index contributed by atoms with van der Waals surface area (Å²) < 4.78 is 11.0. The molecule has 2 aromatic rings. The van der Waals surface area contributed by atoms with E-state index in [-0.39, 0.29) is 19.3 Å².